The first-order valence-electron chi connectivity index (χ1n) is 3.89. The highest BCUT2D eigenvalue weighted by atomic mass is 32.1. The zero-order valence-corrected chi connectivity index (χ0v) is 8.01. The third kappa shape index (κ3) is 2.03. The molecular weight excluding hydrogens is 174 g/mol. The molecule has 12 heavy (non-hydrogen) atoms. The van der Waals surface area contributed by atoms with Crippen LogP contribution in [0.4, 0.5) is 0 Å². The van der Waals surface area contributed by atoms with Crippen LogP contribution in [0.5, 0.6) is 0 Å². The largest absolute Gasteiger partial charge is 0.393 e. The van der Waals surface area contributed by atoms with Crippen LogP contribution in [0, 0.1) is 0 Å². The first kappa shape index (κ1) is 9.64. The molecule has 0 aliphatic heterocycles. The molecule has 1 unspecified atom stereocenters. The third-order valence-corrected chi connectivity index (χ3v) is 2.71. The van der Waals surface area contributed by atoms with Gasteiger partial charge in [0, 0.05) is 11.3 Å². The molecule has 1 heterocycles. The van der Waals surface area contributed by atoms with Gasteiger partial charge in [0.15, 0.2) is 0 Å². The molecule has 1 rings (SSSR count). The van der Waals surface area contributed by atoms with Crippen molar-refractivity contribution in [1.29, 1.82) is 0 Å². The first-order chi connectivity index (χ1) is 5.65. The summed E-state index contributed by atoms with van der Waals surface area (Å²) in [5.74, 6) is 0.384. The second-order valence-corrected chi connectivity index (χ2v) is 3.85. The summed E-state index contributed by atoms with van der Waals surface area (Å²) in [6.07, 6.45) is -0.825. The predicted octanol–water partition coefficient (Wildman–Crippen LogP) is 1.29. The van der Waals surface area contributed by atoms with Crippen LogP contribution in [0.3, 0.4) is 0 Å². The summed E-state index contributed by atoms with van der Waals surface area (Å²) in [5.41, 5.74) is 0.575. The number of aliphatic hydroxyl groups is 2. The smallest absolute Gasteiger partial charge is 0.120 e. The Balaban J connectivity index is 2.77. The summed E-state index contributed by atoms with van der Waals surface area (Å²) in [6.45, 7) is 3.84. The van der Waals surface area contributed by atoms with E-state index >= 15 is 0 Å². The molecule has 3 nitrogen and oxygen atoms in total. The molecule has 1 aromatic rings. The van der Waals surface area contributed by atoms with Crippen LogP contribution in [-0.4, -0.2) is 21.8 Å². The number of rotatable bonds is 3. The van der Waals surface area contributed by atoms with Gasteiger partial charge in [-0.15, -0.1) is 11.3 Å². The Bertz CT molecular complexity index is 247. The third-order valence-electron chi connectivity index (χ3n) is 1.55. The topological polar surface area (TPSA) is 53.4 Å². The first-order valence-corrected chi connectivity index (χ1v) is 4.77. The monoisotopic (exact) mass is 187 g/mol. The molecule has 1 aromatic heterocycles. The van der Waals surface area contributed by atoms with Gasteiger partial charge in [-0.25, -0.2) is 4.98 Å². The van der Waals surface area contributed by atoms with Crippen molar-refractivity contribution in [2.24, 2.45) is 0 Å². The Morgan fingerprint density at radius 2 is 2.25 bits per heavy atom. The van der Waals surface area contributed by atoms with Crippen molar-refractivity contribution >= 4 is 11.3 Å². The van der Waals surface area contributed by atoms with Gasteiger partial charge in [0.2, 0.25) is 0 Å². The Kier molecular flexibility index (Phi) is 3.20. The molecule has 0 aliphatic carbocycles. The fourth-order valence-electron chi connectivity index (χ4n) is 0.812. The van der Waals surface area contributed by atoms with E-state index < -0.39 is 6.10 Å². The molecular formula is C8H13NO2S. The number of hydrogen-bond acceptors (Lipinski definition) is 4. The summed E-state index contributed by atoms with van der Waals surface area (Å²) in [7, 11) is 0. The van der Waals surface area contributed by atoms with Crippen LogP contribution in [0.25, 0.3) is 0 Å². The van der Waals surface area contributed by atoms with E-state index in [9.17, 15) is 5.11 Å². The number of nitrogens with zero attached hydrogens (tertiary/aromatic N) is 1. The number of aliphatic hydroxyl groups excluding tert-OH is 2. The maximum Gasteiger partial charge on any atom is 0.120 e. The van der Waals surface area contributed by atoms with Crippen LogP contribution in [0.15, 0.2) is 5.38 Å². The Morgan fingerprint density at radius 1 is 1.58 bits per heavy atom. The van der Waals surface area contributed by atoms with Gasteiger partial charge in [-0.1, -0.05) is 13.8 Å². The van der Waals surface area contributed by atoms with Gasteiger partial charge in [-0.05, 0) is 0 Å². The van der Waals surface area contributed by atoms with Crippen LogP contribution >= 0.6 is 11.3 Å². The van der Waals surface area contributed by atoms with Crippen molar-refractivity contribution in [3.05, 3.63) is 16.1 Å². The maximum atomic E-state index is 9.22. The van der Waals surface area contributed by atoms with Crippen molar-refractivity contribution in [3.8, 4) is 0 Å². The van der Waals surface area contributed by atoms with Crippen molar-refractivity contribution in [2.45, 2.75) is 25.9 Å². The molecule has 0 saturated carbocycles. The highest BCUT2D eigenvalue weighted by Crippen LogP contribution is 2.22. The Hall–Kier alpha value is -0.450. The fourth-order valence-corrected chi connectivity index (χ4v) is 1.69. The summed E-state index contributed by atoms with van der Waals surface area (Å²) in [4.78, 5) is 4.19. The number of thiazole rings is 1. The van der Waals surface area contributed by atoms with E-state index in [1.807, 2.05) is 13.8 Å². The van der Waals surface area contributed by atoms with Crippen LogP contribution in [-0.2, 0) is 0 Å². The van der Waals surface area contributed by atoms with Crippen molar-refractivity contribution in [2.75, 3.05) is 6.61 Å². The van der Waals surface area contributed by atoms with Crippen LogP contribution in [0.1, 0.15) is 36.6 Å². The zero-order chi connectivity index (χ0) is 9.14. The molecule has 0 radical (unpaired) electrons. The van der Waals surface area contributed by atoms with Gasteiger partial charge in [-0.2, -0.15) is 0 Å². The van der Waals surface area contributed by atoms with E-state index in [2.05, 4.69) is 4.98 Å². The molecule has 0 spiro atoms. The lowest BCUT2D eigenvalue weighted by atomic mass is 10.2. The maximum absolute atomic E-state index is 9.22. The van der Waals surface area contributed by atoms with Gasteiger partial charge in [0.25, 0.3) is 0 Å². The minimum Gasteiger partial charge on any atom is -0.393 e. The standard InChI is InChI=1S/C8H13NO2S/c1-5(2)8-9-6(4-12-8)7(11)3-10/h4-5,7,10-11H,3H2,1-2H3. The van der Waals surface area contributed by atoms with Gasteiger partial charge >= 0.3 is 0 Å². The summed E-state index contributed by atoms with van der Waals surface area (Å²) < 4.78 is 0. The molecule has 4 heteroatoms. The van der Waals surface area contributed by atoms with Crippen LogP contribution in [0.2, 0.25) is 0 Å². The molecule has 0 bridgehead atoms. The second-order valence-electron chi connectivity index (χ2n) is 2.96. The molecule has 0 fully saturated rings. The van der Waals surface area contributed by atoms with Gasteiger partial charge in [0.1, 0.15) is 6.10 Å². The summed E-state index contributed by atoms with van der Waals surface area (Å²) >= 11 is 1.52. The van der Waals surface area contributed by atoms with Crippen LogP contribution < -0.4 is 0 Å². The van der Waals surface area contributed by atoms with Crippen molar-refractivity contribution < 1.29 is 10.2 Å². The Morgan fingerprint density at radius 3 is 2.67 bits per heavy atom. The summed E-state index contributed by atoms with van der Waals surface area (Å²) in [6, 6.07) is 0. The Labute approximate surface area is 75.7 Å². The zero-order valence-electron chi connectivity index (χ0n) is 7.19. The quantitative estimate of drug-likeness (QED) is 0.749. The molecule has 0 aliphatic rings. The lowest BCUT2D eigenvalue weighted by Crippen LogP contribution is -2.02. The summed E-state index contributed by atoms with van der Waals surface area (Å²) in [5, 5.41) is 20.7. The molecule has 0 aromatic carbocycles. The van der Waals surface area contributed by atoms with Gasteiger partial charge < -0.3 is 10.2 Å². The predicted molar refractivity (Wildman–Crippen MR) is 48.2 cm³/mol. The van der Waals surface area contributed by atoms with Gasteiger partial charge in [0.05, 0.1) is 17.3 Å². The minimum absolute atomic E-state index is 0.263. The highest BCUT2D eigenvalue weighted by Gasteiger charge is 2.11. The lowest BCUT2D eigenvalue weighted by Gasteiger charge is -2.01. The van der Waals surface area contributed by atoms with E-state index in [0.717, 1.165) is 5.01 Å². The average molecular weight is 187 g/mol. The second kappa shape index (κ2) is 3.98. The highest BCUT2D eigenvalue weighted by molar-refractivity contribution is 7.09. The fraction of sp³-hybridized carbons (Fsp3) is 0.625. The molecule has 0 amide bonds. The minimum atomic E-state index is -0.825. The molecule has 68 valence electrons. The van der Waals surface area contributed by atoms with E-state index in [0.29, 0.717) is 11.6 Å². The lowest BCUT2D eigenvalue weighted by molar-refractivity contribution is 0.0926. The average Bonchev–Trinajstić information content (AvgIpc) is 2.51. The van der Waals surface area contributed by atoms with E-state index in [4.69, 9.17) is 5.11 Å². The van der Waals surface area contributed by atoms with E-state index in [-0.39, 0.29) is 6.61 Å². The number of aromatic nitrogens is 1. The van der Waals surface area contributed by atoms with Gasteiger partial charge in [-0.3, -0.25) is 0 Å². The van der Waals surface area contributed by atoms with E-state index in [1.165, 1.54) is 11.3 Å². The van der Waals surface area contributed by atoms with Crippen molar-refractivity contribution in [3.63, 3.8) is 0 Å². The van der Waals surface area contributed by atoms with E-state index in [1.54, 1.807) is 5.38 Å². The normalized spacial score (nSPS) is 13.8. The van der Waals surface area contributed by atoms with Crippen molar-refractivity contribution in [1.82, 2.24) is 4.98 Å². The molecule has 2 N–H and O–H groups in total. The molecule has 1 atom stereocenters. The number of hydrogen-bond donors (Lipinski definition) is 2. The SMILES string of the molecule is CC(C)c1nc(C(O)CO)cs1. The molecule has 0 saturated heterocycles.